The van der Waals surface area contributed by atoms with Crippen LogP contribution in [0.2, 0.25) is 0 Å². The summed E-state index contributed by atoms with van der Waals surface area (Å²) in [5.41, 5.74) is 0. The molecule has 0 aliphatic carbocycles. The summed E-state index contributed by atoms with van der Waals surface area (Å²) in [5.74, 6) is 1.22. The van der Waals surface area contributed by atoms with Crippen molar-refractivity contribution < 1.29 is 14.3 Å². The molecule has 6 heteroatoms. The Morgan fingerprint density at radius 1 is 1.07 bits per heavy atom. The van der Waals surface area contributed by atoms with Gasteiger partial charge < -0.3 is 14.4 Å². The molecule has 0 aromatic heterocycles. The molecule has 0 N–H and O–H groups in total. The fraction of sp³-hybridized carbons (Fsp3) is 0.667. The second-order valence-electron chi connectivity index (χ2n) is 7.42. The lowest BCUT2D eigenvalue weighted by Gasteiger charge is -2.35. The molecular weight excluding hydrogens is 342 g/mol. The van der Waals surface area contributed by atoms with Gasteiger partial charge in [-0.1, -0.05) is 18.2 Å². The van der Waals surface area contributed by atoms with E-state index in [1.54, 1.807) is 0 Å². The van der Waals surface area contributed by atoms with E-state index >= 15 is 0 Å². The molecule has 2 fully saturated rings. The van der Waals surface area contributed by atoms with Crippen LogP contribution in [0, 0.1) is 0 Å². The van der Waals surface area contributed by atoms with Crippen LogP contribution < -0.4 is 4.74 Å². The topological polar surface area (TPSA) is 45.2 Å². The first-order chi connectivity index (χ1) is 13.2. The van der Waals surface area contributed by atoms with Gasteiger partial charge in [-0.2, -0.15) is 0 Å². The number of carbonyl (C=O) groups is 1. The Hall–Kier alpha value is -1.63. The summed E-state index contributed by atoms with van der Waals surface area (Å²) in [5, 5.41) is 0. The van der Waals surface area contributed by atoms with Crippen molar-refractivity contribution in [2.45, 2.75) is 25.8 Å². The summed E-state index contributed by atoms with van der Waals surface area (Å²) >= 11 is 0. The Bertz CT molecular complexity index is 555. The van der Waals surface area contributed by atoms with Gasteiger partial charge in [0.2, 0.25) is 5.91 Å². The molecule has 2 saturated heterocycles. The summed E-state index contributed by atoms with van der Waals surface area (Å²) < 4.78 is 11.2. The normalized spacial score (nSPS) is 20.4. The lowest BCUT2D eigenvalue weighted by molar-refractivity contribution is -0.133. The molecule has 3 rings (SSSR count). The number of nitrogens with zero attached hydrogens (tertiary/aromatic N) is 3. The minimum absolute atomic E-state index is 0.301. The summed E-state index contributed by atoms with van der Waals surface area (Å²) in [6.07, 6.45) is 1.58. The van der Waals surface area contributed by atoms with E-state index in [4.69, 9.17) is 9.47 Å². The molecule has 0 unspecified atom stereocenters. The molecule has 1 aromatic carbocycles. The number of morpholine rings is 1. The van der Waals surface area contributed by atoms with Gasteiger partial charge in [-0.3, -0.25) is 14.6 Å². The summed E-state index contributed by atoms with van der Waals surface area (Å²) in [6.45, 7) is 10.9. The number of rotatable bonds is 8. The predicted octanol–water partition coefficient (Wildman–Crippen LogP) is 1.71. The van der Waals surface area contributed by atoms with Crippen LogP contribution in [0.1, 0.15) is 19.8 Å². The van der Waals surface area contributed by atoms with Crippen LogP contribution >= 0.6 is 0 Å². The highest BCUT2D eigenvalue weighted by atomic mass is 16.5. The molecule has 0 bridgehead atoms. The third-order valence-corrected chi connectivity index (χ3v) is 5.59. The molecule has 27 heavy (non-hydrogen) atoms. The molecule has 150 valence electrons. The van der Waals surface area contributed by atoms with E-state index in [9.17, 15) is 4.79 Å². The second-order valence-corrected chi connectivity index (χ2v) is 7.42. The minimum atomic E-state index is 0.301. The van der Waals surface area contributed by atoms with Gasteiger partial charge >= 0.3 is 0 Å². The van der Waals surface area contributed by atoms with Crippen LogP contribution in [0.4, 0.5) is 0 Å². The first-order valence-corrected chi connectivity index (χ1v) is 10.2. The Morgan fingerprint density at radius 3 is 2.48 bits per heavy atom. The zero-order chi connectivity index (χ0) is 18.9. The first-order valence-electron chi connectivity index (χ1n) is 10.2. The molecular formula is C21H33N3O3. The smallest absolute Gasteiger partial charge is 0.222 e. The number of hydrogen-bond acceptors (Lipinski definition) is 5. The zero-order valence-corrected chi connectivity index (χ0v) is 16.5. The lowest BCUT2D eigenvalue weighted by atomic mass is 10.1. The lowest BCUT2D eigenvalue weighted by Crippen LogP contribution is -2.49. The van der Waals surface area contributed by atoms with E-state index in [0.29, 0.717) is 25.0 Å². The van der Waals surface area contributed by atoms with E-state index in [1.807, 2.05) is 35.2 Å². The van der Waals surface area contributed by atoms with Crippen molar-refractivity contribution in [3.63, 3.8) is 0 Å². The maximum atomic E-state index is 12.5. The van der Waals surface area contributed by atoms with Crippen LogP contribution in [-0.2, 0) is 9.53 Å². The number of ether oxygens (including phenoxy) is 2. The fourth-order valence-electron chi connectivity index (χ4n) is 3.72. The zero-order valence-electron chi connectivity index (χ0n) is 16.5. The highest BCUT2D eigenvalue weighted by Crippen LogP contribution is 2.12. The first kappa shape index (κ1) is 20.1. The number of hydrogen-bond donors (Lipinski definition) is 0. The maximum Gasteiger partial charge on any atom is 0.222 e. The van der Waals surface area contributed by atoms with Gasteiger partial charge in [-0.15, -0.1) is 0 Å². The highest BCUT2D eigenvalue weighted by Gasteiger charge is 2.23. The van der Waals surface area contributed by atoms with Crippen molar-refractivity contribution in [2.24, 2.45) is 0 Å². The Balaban J connectivity index is 1.29. The molecule has 0 radical (unpaired) electrons. The van der Waals surface area contributed by atoms with Crippen LogP contribution in [0.25, 0.3) is 0 Å². The fourth-order valence-corrected chi connectivity index (χ4v) is 3.72. The van der Waals surface area contributed by atoms with Gasteiger partial charge in [-0.25, -0.2) is 0 Å². The van der Waals surface area contributed by atoms with Crippen molar-refractivity contribution in [3.05, 3.63) is 30.3 Å². The predicted molar refractivity (Wildman–Crippen MR) is 106 cm³/mol. The van der Waals surface area contributed by atoms with Gasteiger partial charge in [0.25, 0.3) is 0 Å². The van der Waals surface area contributed by atoms with Crippen LogP contribution in [0.3, 0.4) is 0 Å². The van der Waals surface area contributed by atoms with Crippen LogP contribution in [0.5, 0.6) is 5.75 Å². The minimum Gasteiger partial charge on any atom is -0.492 e. The molecule has 2 aliphatic rings. The third-order valence-electron chi connectivity index (χ3n) is 5.59. The van der Waals surface area contributed by atoms with Crippen LogP contribution in [0.15, 0.2) is 30.3 Å². The number of para-hydroxylation sites is 1. The van der Waals surface area contributed by atoms with E-state index in [2.05, 4.69) is 16.7 Å². The van der Waals surface area contributed by atoms with Crippen molar-refractivity contribution in [1.29, 1.82) is 0 Å². The van der Waals surface area contributed by atoms with Gasteiger partial charge in [0.1, 0.15) is 12.4 Å². The molecule has 1 aromatic rings. The molecule has 6 nitrogen and oxygen atoms in total. The Morgan fingerprint density at radius 2 is 1.78 bits per heavy atom. The number of carbonyl (C=O) groups excluding carboxylic acids is 1. The van der Waals surface area contributed by atoms with Gasteiger partial charge in [0.15, 0.2) is 0 Å². The van der Waals surface area contributed by atoms with Crippen molar-refractivity contribution >= 4 is 5.91 Å². The average molecular weight is 376 g/mol. The molecule has 1 atom stereocenters. The Labute approximate surface area is 163 Å². The molecule has 0 spiro atoms. The average Bonchev–Trinajstić information content (AvgIpc) is 2.73. The van der Waals surface area contributed by atoms with Crippen molar-refractivity contribution in [2.75, 3.05) is 65.6 Å². The van der Waals surface area contributed by atoms with Crippen molar-refractivity contribution in [1.82, 2.24) is 14.7 Å². The van der Waals surface area contributed by atoms with Crippen LogP contribution in [-0.4, -0.2) is 92.3 Å². The largest absolute Gasteiger partial charge is 0.492 e. The second kappa shape index (κ2) is 10.6. The number of piperazine rings is 1. The van der Waals surface area contributed by atoms with Crippen molar-refractivity contribution in [3.8, 4) is 5.75 Å². The third kappa shape index (κ3) is 6.48. The Kier molecular flexibility index (Phi) is 7.93. The summed E-state index contributed by atoms with van der Waals surface area (Å²) in [4.78, 5) is 19.4. The summed E-state index contributed by atoms with van der Waals surface area (Å²) in [7, 11) is 0. The standard InChI is InChI=1S/C21H33N3O3/c1-19(23-14-16-26-17-15-23)7-8-21(25)24-11-9-22(10-12-24)13-18-27-20-5-3-2-4-6-20/h2-6,19H,7-18H2,1H3/t19-/m0/s1. The highest BCUT2D eigenvalue weighted by molar-refractivity contribution is 5.76. The quantitative estimate of drug-likeness (QED) is 0.692. The number of amides is 1. The van der Waals surface area contributed by atoms with E-state index in [0.717, 1.165) is 71.2 Å². The van der Waals surface area contributed by atoms with E-state index < -0.39 is 0 Å². The molecule has 0 saturated carbocycles. The van der Waals surface area contributed by atoms with Gasteiger partial charge in [0, 0.05) is 58.3 Å². The SMILES string of the molecule is C[C@@H](CCC(=O)N1CCN(CCOc2ccccc2)CC1)N1CCOCC1. The molecule has 2 aliphatic heterocycles. The van der Waals surface area contributed by atoms with E-state index in [1.165, 1.54) is 0 Å². The summed E-state index contributed by atoms with van der Waals surface area (Å²) in [6, 6.07) is 10.4. The monoisotopic (exact) mass is 375 g/mol. The molecule has 1 amide bonds. The van der Waals surface area contributed by atoms with E-state index in [-0.39, 0.29) is 0 Å². The maximum absolute atomic E-state index is 12.5. The molecule has 2 heterocycles. The number of benzene rings is 1. The van der Waals surface area contributed by atoms with Gasteiger partial charge in [-0.05, 0) is 25.5 Å². The van der Waals surface area contributed by atoms with Gasteiger partial charge in [0.05, 0.1) is 13.2 Å².